The molecule has 0 saturated heterocycles. The number of hydrogen-bond acceptors (Lipinski definition) is 2. The first-order chi connectivity index (χ1) is 8.62. The number of ether oxygens (including phenoxy) is 1. The Morgan fingerprint density at radius 2 is 1.94 bits per heavy atom. The number of methoxy groups -OCH3 is 1. The van der Waals surface area contributed by atoms with Crippen LogP contribution in [-0.4, -0.2) is 31.0 Å². The average molecular weight is 249 g/mol. The lowest BCUT2D eigenvalue weighted by Gasteiger charge is -2.18. The number of aryl methyl sites for hydroxylation is 2. The molecule has 0 N–H and O–H groups in total. The van der Waals surface area contributed by atoms with Gasteiger partial charge in [-0.3, -0.25) is 4.79 Å². The summed E-state index contributed by atoms with van der Waals surface area (Å²) in [4.78, 5) is 13.8. The zero-order valence-corrected chi connectivity index (χ0v) is 11.8. The summed E-state index contributed by atoms with van der Waals surface area (Å²) in [5.74, 6) is 1.13. The summed E-state index contributed by atoms with van der Waals surface area (Å²) in [5.41, 5.74) is 2.30. The number of amides is 1. The van der Waals surface area contributed by atoms with E-state index in [-0.39, 0.29) is 5.91 Å². The van der Waals surface area contributed by atoms with Gasteiger partial charge >= 0.3 is 0 Å². The lowest BCUT2D eigenvalue weighted by molar-refractivity contribution is -0.130. The van der Waals surface area contributed by atoms with Crippen LogP contribution in [0.3, 0.4) is 0 Å². The van der Waals surface area contributed by atoms with Crippen LogP contribution in [0.25, 0.3) is 0 Å². The van der Waals surface area contributed by atoms with Crippen LogP contribution < -0.4 is 4.74 Å². The number of carbonyl (C=O) groups is 1. The van der Waals surface area contributed by atoms with Crippen LogP contribution in [0.4, 0.5) is 0 Å². The molecule has 1 aromatic rings. The Hall–Kier alpha value is -1.51. The molecule has 0 aliphatic heterocycles. The first kappa shape index (κ1) is 14.6. The van der Waals surface area contributed by atoms with Crippen LogP contribution in [0, 0.1) is 6.92 Å². The molecule has 3 heteroatoms. The topological polar surface area (TPSA) is 29.5 Å². The van der Waals surface area contributed by atoms with Crippen LogP contribution in [-0.2, 0) is 11.2 Å². The smallest absolute Gasteiger partial charge is 0.222 e. The molecular weight excluding hydrogens is 226 g/mol. The fourth-order valence-electron chi connectivity index (χ4n) is 2.08. The van der Waals surface area contributed by atoms with E-state index in [2.05, 4.69) is 6.07 Å². The van der Waals surface area contributed by atoms with Gasteiger partial charge in [0.05, 0.1) is 7.11 Å². The molecule has 1 aromatic carbocycles. The summed E-state index contributed by atoms with van der Waals surface area (Å²) in [5, 5.41) is 0. The second kappa shape index (κ2) is 7.04. The van der Waals surface area contributed by atoms with Crippen LogP contribution in [0.2, 0.25) is 0 Å². The average Bonchev–Trinajstić information content (AvgIpc) is 2.38. The van der Waals surface area contributed by atoms with Gasteiger partial charge in [-0.15, -0.1) is 0 Å². The molecule has 18 heavy (non-hydrogen) atoms. The van der Waals surface area contributed by atoms with Crippen molar-refractivity contribution in [3.63, 3.8) is 0 Å². The van der Waals surface area contributed by atoms with E-state index >= 15 is 0 Å². The van der Waals surface area contributed by atoms with E-state index in [0.29, 0.717) is 6.42 Å². The lowest BCUT2D eigenvalue weighted by Crippen LogP contribution is -2.30. The van der Waals surface area contributed by atoms with Gasteiger partial charge in [0.25, 0.3) is 0 Å². The van der Waals surface area contributed by atoms with Crippen LogP contribution in [0.5, 0.6) is 5.75 Å². The Balaban J connectivity index is 2.58. The van der Waals surface area contributed by atoms with Crippen molar-refractivity contribution < 1.29 is 9.53 Å². The van der Waals surface area contributed by atoms with Gasteiger partial charge in [-0.2, -0.15) is 0 Å². The third kappa shape index (κ3) is 3.76. The lowest BCUT2D eigenvalue weighted by atomic mass is 10.1. The van der Waals surface area contributed by atoms with Gasteiger partial charge in [-0.1, -0.05) is 12.1 Å². The summed E-state index contributed by atoms with van der Waals surface area (Å²) in [7, 11) is 1.67. The third-order valence-corrected chi connectivity index (χ3v) is 3.20. The molecule has 100 valence electrons. The minimum Gasteiger partial charge on any atom is -0.496 e. The summed E-state index contributed by atoms with van der Waals surface area (Å²) >= 11 is 0. The fraction of sp³-hybridized carbons (Fsp3) is 0.533. The first-order valence-electron chi connectivity index (χ1n) is 6.53. The normalized spacial score (nSPS) is 10.2. The number of rotatable bonds is 6. The molecule has 0 atom stereocenters. The zero-order valence-electron chi connectivity index (χ0n) is 11.8. The Labute approximate surface area is 110 Å². The highest BCUT2D eigenvalue weighted by Crippen LogP contribution is 2.19. The molecule has 0 radical (unpaired) electrons. The van der Waals surface area contributed by atoms with E-state index in [0.717, 1.165) is 30.8 Å². The van der Waals surface area contributed by atoms with Crippen molar-refractivity contribution in [2.24, 2.45) is 0 Å². The Kier molecular flexibility index (Phi) is 5.69. The van der Waals surface area contributed by atoms with E-state index in [1.807, 2.05) is 37.8 Å². The maximum atomic E-state index is 11.9. The van der Waals surface area contributed by atoms with Gasteiger partial charge in [-0.25, -0.2) is 0 Å². The number of nitrogens with zero attached hydrogens (tertiary/aromatic N) is 1. The van der Waals surface area contributed by atoms with E-state index in [4.69, 9.17) is 4.74 Å². The molecule has 0 spiro atoms. The van der Waals surface area contributed by atoms with E-state index < -0.39 is 0 Å². The van der Waals surface area contributed by atoms with Crippen molar-refractivity contribution in [3.8, 4) is 5.75 Å². The van der Waals surface area contributed by atoms with Gasteiger partial charge in [0, 0.05) is 19.5 Å². The van der Waals surface area contributed by atoms with Gasteiger partial charge in [0.2, 0.25) is 5.91 Å². The van der Waals surface area contributed by atoms with Crippen molar-refractivity contribution in [2.75, 3.05) is 20.2 Å². The standard InChI is InChI=1S/C15H23NO2/c1-5-16(6-2)15(17)10-8-13-7-9-14(18-4)12(3)11-13/h7,9,11H,5-6,8,10H2,1-4H3. The summed E-state index contributed by atoms with van der Waals surface area (Å²) in [6.45, 7) is 7.63. The minimum absolute atomic E-state index is 0.230. The van der Waals surface area contributed by atoms with Crippen LogP contribution in [0.15, 0.2) is 18.2 Å². The second-order valence-electron chi connectivity index (χ2n) is 4.37. The number of carbonyl (C=O) groups excluding carboxylic acids is 1. The maximum absolute atomic E-state index is 11.9. The molecule has 0 heterocycles. The zero-order chi connectivity index (χ0) is 13.5. The predicted octanol–water partition coefficient (Wildman–Crippen LogP) is 2.80. The predicted molar refractivity (Wildman–Crippen MR) is 74.0 cm³/mol. The maximum Gasteiger partial charge on any atom is 0.222 e. The molecule has 0 unspecified atom stereocenters. The van der Waals surface area contributed by atoms with E-state index in [1.165, 1.54) is 5.56 Å². The Morgan fingerprint density at radius 1 is 1.28 bits per heavy atom. The minimum atomic E-state index is 0.230. The van der Waals surface area contributed by atoms with Crippen molar-refractivity contribution in [2.45, 2.75) is 33.6 Å². The van der Waals surface area contributed by atoms with Gasteiger partial charge < -0.3 is 9.64 Å². The first-order valence-corrected chi connectivity index (χ1v) is 6.53. The van der Waals surface area contributed by atoms with Crippen molar-refractivity contribution in [1.82, 2.24) is 4.90 Å². The van der Waals surface area contributed by atoms with Crippen molar-refractivity contribution >= 4 is 5.91 Å². The van der Waals surface area contributed by atoms with Gasteiger partial charge in [0.1, 0.15) is 5.75 Å². The number of hydrogen-bond donors (Lipinski definition) is 0. The quantitative estimate of drug-likeness (QED) is 0.776. The monoisotopic (exact) mass is 249 g/mol. The fourth-order valence-corrected chi connectivity index (χ4v) is 2.08. The van der Waals surface area contributed by atoms with Crippen LogP contribution >= 0.6 is 0 Å². The molecule has 0 fully saturated rings. The highest BCUT2D eigenvalue weighted by molar-refractivity contribution is 5.76. The number of benzene rings is 1. The molecule has 0 aliphatic rings. The molecule has 0 aromatic heterocycles. The molecule has 0 aliphatic carbocycles. The highest BCUT2D eigenvalue weighted by Gasteiger charge is 2.09. The summed E-state index contributed by atoms with van der Waals surface area (Å²) in [6, 6.07) is 6.09. The van der Waals surface area contributed by atoms with E-state index in [1.54, 1.807) is 7.11 Å². The third-order valence-electron chi connectivity index (χ3n) is 3.20. The van der Waals surface area contributed by atoms with Gasteiger partial charge in [0.15, 0.2) is 0 Å². The van der Waals surface area contributed by atoms with E-state index in [9.17, 15) is 4.79 Å². The van der Waals surface area contributed by atoms with Crippen molar-refractivity contribution in [3.05, 3.63) is 29.3 Å². The molecule has 1 rings (SSSR count). The second-order valence-corrected chi connectivity index (χ2v) is 4.37. The molecule has 1 amide bonds. The molecule has 0 saturated carbocycles. The van der Waals surface area contributed by atoms with Gasteiger partial charge in [-0.05, 0) is 44.4 Å². The molecular formula is C15H23NO2. The Morgan fingerprint density at radius 3 is 2.44 bits per heavy atom. The Bertz CT molecular complexity index is 397. The van der Waals surface area contributed by atoms with Crippen LogP contribution in [0.1, 0.15) is 31.4 Å². The SMILES string of the molecule is CCN(CC)C(=O)CCc1ccc(OC)c(C)c1. The van der Waals surface area contributed by atoms with Crippen molar-refractivity contribution in [1.29, 1.82) is 0 Å². The molecule has 0 bridgehead atoms. The highest BCUT2D eigenvalue weighted by atomic mass is 16.5. The summed E-state index contributed by atoms with van der Waals surface area (Å²) in [6.07, 6.45) is 1.37. The molecule has 3 nitrogen and oxygen atoms in total. The largest absolute Gasteiger partial charge is 0.496 e. The summed E-state index contributed by atoms with van der Waals surface area (Å²) < 4.78 is 5.22.